The van der Waals surface area contributed by atoms with Gasteiger partial charge in [-0.25, -0.2) is 14.5 Å². The predicted octanol–water partition coefficient (Wildman–Crippen LogP) is 3.14. The number of pyridine rings is 1. The Kier molecular flexibility index (Phi) is 4.09. The number of carbonyl (C=O) groups excluding carboxylic acids is 1. The van der Waals surface area contributed by atoms with Crippen LogP contribution in [0.15, 0.2) is 18.3 Å². The molecular weight excluding hydrogens is 278 g/mol. The average molecular weight is 294 g/mol. The van der Waals surface area contributed by atoms with Gasteiger partial charge >= 0.3 is 5.97 Å². The zero-order valence-corrected chi connectivity index (χ0v) is 12.6. The minimum Gasteiger partial charge on any atom is -0.464 e. The molecule has 0 N–H and O–H groups in total. The van der Waals surface area contributed by atoms with Gasteiger partial charge in [0, 0.05) is 6.20 Å². The maximum Gasteiger partial charge on any atom is 0.360 e. The van der Waals surface area contributed by atoms with Gasteiger partial charge < -0.3 is 4.74 Å². The number of esters is 1. The Balaban J connectivity index is 2.66. The summed E-state index contributed by atoms with van der Waals surface area (Å²) in [5, 5.41) is 4.58. The summed E-state index contributed by atoms with van der Waals surface area (Å²) in [6.45, 7) is 5.93. The van der Waals surface area contributed by atoms with Crippen LogP contribution in [0.25, 0.3) is 5.82 Å². The predicted molar refractivity (Wildman–Crippen MR) is 76.5 cm³/mol. The highest BCUT2D eigenvalue weighted by Gasteiger charge is 2.25. The van der Waals surface area contributed by atoms with E-state index in [0.717, 1.165) is 11.3 Å². The van der Waals surface area contributed by atoms with Crippen LogP contribution in [-0.2, 0) is 4.74 Å². The number of halogens is 1. The van der Waals surface area contributed by atoms with Crippen molar-refractivity contribution in [1.82, 2.24) is 14.8 Å². The number of nitrogens with zero attached hydrogens (tertiary/aromatic N) is 3. The largest absolute Gasteiger partial charge is 0.464 e. The van der Waals surface area contributed by atoms with Crippen molar-refractivity contribution >= 4 is 17.6 Å². The Morgan fingerprint density at radius 1 is 1.45 bits per heavy atom. The van der Waals surface area contributed by atoms with Gasteiger partial charge in [-0.05, 0) is 30.5 Å². The first-order chi connectivity index (χ1) is 9.45. The summed E-state index contributed by atoms with van der Waals surface area (Å²) in [6.07, 6.45) is 1.70. The number of aromatic nitrogens is 3. The molecule has 0 unspecified atom stereocenters. The summed E-state index contributed by atoms with van der Waals surface area (Å²) in [5.41, 5.74) is 1.90. The van der Waals surface area contributed by atoms with E-state index < -0.39 is 5.97 Å². The molecule has 0 fully saturated rings. The summed E-state index contributed by atoms with van der Waals surface area (Å²) in [7, 11) is 1.30. The maximum absolute atomic E-state index is 11.7. The molecule has 0 amide bonds. The Bertz CT molecular complexity index is 650. The first kappa shape index (κ1) is 14.5. The van der Waals surface area contributed by atoms with Gasteiger partial charge in [0.15, 0.2) is 11.5 Å². The zero-order chi connectivity index (χ0) is 14.9. The van der Waals surface area contributed by atoms with Gasteiger partial charge in [-0.2, -0.15) is 5.10 Å². The van der Waals surface area contributed by atoms with Crippen LogP contribution in [0.3, 0.4) is 0 Å². The molecule has 0 saturated carbocycles. The van der Waals surface area contributed by atoms with E-state index in [1.807, 2.05) is 32.9 Å². The van der Waals surface area contributed by atoms with Gasteiger partial charge in [0.1, 0.15) is 0 Å². The second kappa shape index (κ2) is 5.63. The van der Waals surface area contributed by atoms with Crippen LogP contribution in [0.1, 0.15) is 41.5 Å². The van der Waals surface area contributed by atoms with Crippen LogP contribution in [0.5, 0.6) is 0 Å². The first-order valence-corrected chi connectivity index (χ1v) is 6.63. The number of ether oxygens (including phenoxy) is 1. The van der Waals surface area contributed by atoms with Crippen LogP contribution in [-0.4, -0.2) is 27.8 Å². The molecule has 5 nitrogen and oxygen atoms in total. The quantitative estimate of drug-likeness (QED) is 0.816. The zero-order valence-electron chi connectivity index (χ0n) is 11.8. The number of rotatable bonds is 3. The number of aryl methyl sites for hydroxylation is 1. The fraction of sp³-hybridized carbons (Fsp3) is 0.357. The van der Waals surface area contributed by atoms with E-state index in [4.69, 9.17) is 16.3 Å². The molecule has 6 heteroatoms. The highest BCUT2D eigenvalue weighted by atomic mass is 35.5. The summed E-state index contributed by atoms with van der Waals surface area (Å²) < 4.78 is 6.31. The molecule has 0 bridgehead atoms. The third-order valence-electron chi connectivity index (χ3n) is 2.90. The monoisotopic (exact) mass is 293 g/mol. The molecule has 0 aromatic carbocycles. The van der Waals surface area contributed by atoms with Crippen molar-refractivity contribution in [2.45, 2.75) is 26.7 Å². The number of carbonyl (C=O) groups is 1. The van der Waals surface area contributed by atoms with Crippen molar-refractivity contribution in [2.24, 2.45) is 0 Å². The fourth-order valence-electron chi connectivity index (χ4n) is 1.95. The molecule has 0 aliphatic heterocycles. The van der Waals surface area contributed by atoms with Crippen molar-refractivity contribution in [3.8, 4) is 5.82 Å². The molecule has 2 heterocycles. The highest BCUT2D eigenvalue weighted by molar-refractivity contribution is 6.34. The van der Waals surface area contributed by atoms with Gasteiger partial charge in [-0.15, -0.1) is 0 Å². The fourth-order valence-corrected chi connectivity index (χ4v) is 2.36. The summed E-state index contributed by atoms with van der Waals surface area (Å²) in [5.74, 6) is 0.171. The molecule has 106 valence electrons. The van der Waals surface area contributed by atoms with E-state index in [2.05, 4.69) is 10.1 Å². The molecule has 2 aromatic heterocycles. The normalized spacial score (nSPS) is 10.9. The molecule has 0 atom stereocenters. The van der Waals surface area contributed by atoms with Gasteiger partial charge in [0.2, 0.25) is 0 Å². The minimum atomic E-state index is -0.552. The van der Waals surface area contributed by atoms with E-state index in [-0.39, 0.29) is 11.6 Å². The van der Waals surface area contributed by atoms with Crippen molar-refractivity contribution < 1.29 is 9.53 Å². The Hall–Kier alpha value is -1.88. The summed E-state index contributed by atoms with van der Waals surface area (Å²) in [4.78, 5) is 16.0. The Morgan fingerprint density at radius 3 is 2.70 bits per heavy atom. The molecule has 2 rings (SSSR count). The van der Waals surface area contributed by atoms with Crippen LogP contribution >= 0.6 is 11.6 Å². The standard InChI is InChI=1S/C14H16ClN3O2/c1-8(2)13-11(15)12(14(19)20-4)17-18(13)10-7-9(3)5-6-16-10/h5-8H,1-4H3. The van der Waals surface area contributed by atoms with Crippen molar-refractivity contribution in [2.75, 3.05) is 7.11 Å². The van der Waals surface area contributed by atoms with Crippen LogP contribution in [0.2, 0.25) is 5.02 Å². The number of methoxy groups -OCH3 is 1. The molecule has 0 aliphatic carbocycles. The van der Waals surface area contributed by atoms with E-state index in [9.17, 15) is 4.79 Å². The summed E-state index contributed by atoms with van der Waals surface area (Å²) >= 11 is 6.28. The molecule has 20 heavy (non-hydrogen) atoms. The number of hydrogen-bond acceptors (Lipinski definition) is 4. The van der Waals surface area contributed by atoms with Gasteiger partial charge in [-0.3, -0.25) is 0 Å². The molecular formula is C14H16ClN3O2. The van der Waals surface area contributed by atoms with E-state index in [0.29, 0.717) is 10.8 Å². The Labute approximate surface area is 122 Å². The molecule has 0 radical (unpaired) electrons. The van der Waals surface area contributed by atoms with Crippen LogP contribution < -0.4 is 0 Å². The van der Waals surface area contributed by atoms with Crippen molar-refractivity contribution in [3.63, 3.8) is 0 Å². The lowest BCUT2D eigenvalue weighted by Gasteiger charge is -2.10. The molecule has 2 aromatic rings. The van der Waals surface area contributed by atoms with E-state index in [1.165, 1.54) is 7.11 Å². The number of hydrogen-bond donors (Lipinski definition) is 0. The third kappa shape index (κ3) is 2.54. The second-order valence-electron chi connectivity index (χ2n) is 4.80. The highest BCUT2D eigenvalue weighted by Crippen LogP contribution is 2.30. The van der Waals surface area contributed by atoms with Gasteiger partial charge in [0.05, 0.1) is 17.8 Å². The third-order valence-corrected chi connectivity index (χ3v) is 3.28. The lowest BCUT2D eigenvalue weighted by atomic mass is 10.1. The Morgan fingerprint density at radius 2 is 2.15 bits per heavy atom. The van der Waals surface area contributed by atoms with E-state index >= 15 is 0 Å². The van der Waals surface area contributed by atoms with Gasteiger partial charge in [-0.1, -0.05) is 25.4 Å². The maximum atomic E-state index is 11.7. The molecule has 0 aliphatic rings. The van der Waals surface area contributed by atoms with Crippen molar-refractivity contribution in [1.29, 1.82) is 0 Å². The minimum absolute atomic E-state index is 0.0933. The lowest BCUT2D eigenvalue weighted by Crippen LogP contribution is -2.07. The van der Waals surface area contributed by atoms with Gasteiger partial charge in [0.25, 0.3) is 0 Å². The topological polar surface area (TPSA) is 57.0 Å². The molecule has 0 spiro atoms. The summed E-state index contributed by atoms with van der Waals surface area (Å²) in [6, 6.07) is 3.78. The van der Waals surface area contributed by atoms with E-state index in [1.54, 1.807) is 10.9 Å². The molecule has 0 saturated heterocycles. The lowest BCUT2D eigenvalue weighted by molar-refractivity contribution is 0.0593. The SMILES string of the molecule is COC(=O)c1nn(-c2cc(C)ccn2)c(C(C)C)c1Cl. The van der Waals surface area contributed by atoms with Crippen LogP contribution in [0.4, 0.5) is 0 Å². The smallest absolute Gasteiger partial charge is 0.360 e. The second-order valence-corrected chi connectivity index (χ2v) is 5.18. The first-order valence-electron chi connectivity index (χ1n) is 6.25. The average Bonchev–Trinajstić information content (AvgIpc) is 2.75. The van der Waals surface area contributed by atoms with Crippen molar-refractivity contribution in [3.05, 3.63) is 40.3 Å². The van der Waals surface area contributed by atoms with Crippen LogP contribution in [0, 0.1) is 6.92 Å².